The molecule has 2 rings (SSSR count). The summed E-state index contributed by atoms with van der Waals surface area (Å²) in [4.78, 5) is 14.1. The molecule has 3 nitrogen and oxygen atoms in total. The lowest BCUT2D eigenvalue weighted by atomic mass is 10.2. The molecule has 0 aliphatic rings. The molecule has 0 aliphatic heterocycles. The van der Waals surface area contributed by atoms with Crippen LogP contribution in [-0.4, -0.2) is 23.4 Å². The van der Waals surface area contributed by atoms with Gasteiger partial charge < -0.3 is 10.2 Å². The van der Waals surface area contributed by atoms with E-state index in [1.165, 1.54) is 6.07 Å². The van der Waals surface area contributed by atoms with Gasteiger partial charge in [0, 0.05) is 12.6 Å². The zero-order valence-electron chi connectivity index (χ0n) is 13.2. The fraction of sp³-hybridized carbons (Fsp3) is 0.278. The fourth-order valence-corrected chi connectivity index (χ4v) is 2.27. The van der Waals surface area contributed by atoms with E-state index in [-0.39, 0.29) is 24.2 Å². The second kappa shape index (κ2) is 7.72. The Morgan fingerprint density at radius 2 is 1.65 bits per heavy atom. The SMILES string of the molecule is CC(C)N(Cc1ccccc1)C(=O)CNc1c(F)cccc1F. The van der Waals surface area contributed by atoms with Gasteiger partial charge in [0.1, 0.15) is 17.3 Å². The lowest BCUT2D eigenvalue weighted by molar-refractivity contribution is -0.131. The van der Waals surface area contributed by atoms with Crippen LogP contribution < -0.4 is 5.32 Å². The normalized spacial score (nSPS) is 10.7. The van der Waals surface area contributed by atoms with Gasteiger partial charge in [-0.15, -0.1) is 0 Å². The van der Waals surface area contributed by atoms with E-state index in [0.717, 1.165) is 17.7 Å². The topological polar surface area (TPSA) is 32.3 Å². The number of halogens is 2. The van der Waals surface area contributed by atoms with Crippen LogP contribution in [-0.2, 0) is 11.3 Å². The van der Waals surface area contributed by atoms with Crippen LogP contribution in [0.25, 0.3) is 0 Å². The minimum Gasteiger partial charge on any atom is -0.371 e. The first-order valence-corrected chi connectivity index (χ1v) is 7.50. The van der Waals surface area contributed by atoms with Crippen LogP contribution in [0.15, 0.2) is 48.5 Å². The molecule has 0 atom stereocenters. The van der Waals surface area contributed by atoms with Crippen LogP contribution in [0.2, 0.25) is 0 Å². The van der Waals surface area contributed by atoms with Gasteiger partial charge in [-0.1, -0.05) is 36.4 Å². The largest absolute Gasteiger partial charge is 0.371 e. The fourth-order valence-electron chi connectivity index (χ4n) is 2.27. The molecule has 2 aromatic rings. The molecule has 1 N–H and O–H groups in total. The average molecular weight is 318 g/mol. The third kappa shape index (κ3) is 4.52. The van der Waals surface area contributed by atoms with Gasteiger partial charge in [0.05, 0.1) is 6.54 Å². The van der Waals surface area contributed by atoms with E-state index in [1.807, 2.05) is 44.2 Å². The molecule has 0 heterocycles. The molecule has 23 heavy (non-hydrogen) atoms. The van der Waals surface area contributed by atoms with E-state index in [0.29, 0.717) is 6.54 Å². The van der Waals surface area contributed by atoms with Crippen LogP contribution in [0, 0.1) is 11.6 Å². The molecule has 2 aromatic carbocycles. The van der Waals surface area contributed by atoms with Gasteiger partial charge >= 0.3 is 0 Å². The summed E-state index contributed by atoms with van der Waals surface area (Å²) < 4.78 is 27.2. The van der Waals surface area contributed by atoms with Gasteiger partial charge in [0.2, 0.25) is 5.91 Å². The van der Waals surface area contributed by atoms with Crippen molar-refractivity contribution in [3.05, 3.63) is 65.7 Å². The second-order valence-corrected chi connectivity index (χ2v) is 5.55. The van der Waals surface area contributed by atoms with E-state index < -0.39 is 11.6 Å². The quantitative estimate of drug-likeness (QED) is 0.878. The molecule has 0 radical (unpaired) electrons. The highest BCUT2D eigenvalue weighted by Gasteiger charge is 2.18. The van der Waals surface area contributed by atoms with Crippen molar-refractivity contribution >= 4 is 11.6 Å². The predicted molar refractivity (Wildman–Crippen MR) is 87.0 cm³/mol. The Morgan fingerprint density at radius 3 is 2.22 bits per heavy atom. The van der Waals surface area contributed by atoms with Crippen LogP contribution in [0.5, 0.6) is 0 Å². The van der Waals surface area contributed by atoms with E-state index in [1.54, 1.807) is 4.90 Å². The van der Waals surface area contributed by atoms with Gasteiger partial charge in [0.15, 0.2) is 0 Å². The first-order chi connectivity index (χ1) is 11.0. The Labute approximate surface area is 134 Å². The van der Waals surface area contributed by atoms with Crippen molar-refractivity contribution in [2.45, 2.75) is 26.4 Å². The third-order valence-corrected chi connectivity index (χ3v) is 3.52. The number of benzene rings is 2. The number of nitrogens with one attached hydrogen (secondary N) is 1. The molecule has 0 aliphatic carbocycles. The Hall–Kier alpha value is -2.43. The highest BCUT2D eigenvalue weighted by molar-refractivity contribution is 5.81. The highest BCUT2D eigenvalue weighted by atomic mass is 19.1. The minimum atomic E-state index is -0.711. The van der Waals surface area contributed by atoms with Crippen LogP contribution >= 0.6 is 0 Å². The Bertz CT molecular complexity index is 639. The molecule has 0 spiro atoms. The molecule has 0 aromatic heterocycles. The first kappa shape index (κ1) is 16.9. The van der Waals surface area contributed by atoms with Gasteiger partial charge in [-0.3, -0.25) is 4.79 Å². The maximum absolute atomic E-state index is 13.6. The number of hydrogen-bond donors (Lipinski definition) is 1. The molecule has 0 unspecified atom stereocenters. The third-order valence-electron chi connectivity index (χ3n) is 3.52. The van der Waals surface area contributed by atoms with Crippen LogP contribution in [0.3, 0.4) is 0 Å². The molecule has 0 saturated carbocycles. The summed E-state index contributed by atoms with van der Waals surface area (Å²) in [6.45, 7) is 4.11. The number of carbonyl (C=O) groups is 1. The number of carbonyl (C=O) groups excluding carboxylic acids is 1. The van der Waals surface area contributed by atoms with Gasteiger partial charge in [-0.05, 0) is 31.5 Å². The zero-order chi connectivity index (χ0) is 16.8. The summed E-state index contributed by atoms with van der Waals surface area (Å²) in [5, 5.41) is 2.56. The van der Waals surface area contributed by atoms with Gasteiger partial charge in [-0.25, -0.2) is 8.78 Å². The summed E-state index contributed by atoms with van der Waals surface area (Å²) in [6, 6.07) is 13.2. The number of para-hydroxylation sites is 1. The van der Waals surface area contributed by atoms with Crippen LogP contribution in [0.1, 0.15) is 19.4 Å². The second-order valence-electron chi connectivity index (χ2n) is 5.55. The van der Waals surface area contributed by atoms with Crippen molar-refractivity contribution < 1.29 is 13.6 Å². The molecule has 0 saturated heterocycles. The summed E-state index contributed by atoms with van der Waals surface area (Å²) in [7, 11) is 0. The summed E-state index contributed by atoms with van der Waals surface area (Å²) in [6.07, 6.45) is 0. The maximum atomic E-state index is 13.6. The Morgan fingerprint density at radius 1 is 1.04 bits per heavy atom. The predicted octanol–water partition coefficient (Wildman–Crippen LogP) is 3.81. The Balaban J connectivity index is 2.04. The number of nitrogens with zero attached hydrogens (tertiary/aromatic N) is 1. The number of anilines is 1. The number of rotatable bonds is 6. The number of hydrogen-bond acceptors (Lipinski definition) is 2. The maximum Gasteiger partial charge on any atom is 0.242 e. The number of amides is 1. The lowest BCUT2D eigenvalue weighted by Crippen LogP contribution is -2.40. The molecule has 0 bridgehead atoms. The molecule has 1 amide bonds. The zero-order valence-corrected chi connectivity index (χ0v) is 13.2. The standard InChI is InChI=1S/C18H20F2N2O/c1-13(2)22(12-14-7-4-3-5-8-14)17(23)11-21-18-15(19)9-6-10-16(18)20/h3-10,13,21H,11-12H2,1-2H3. The van der Waals surface area contributed by atoms with Crippen molar-refractivity contribution in [2.24, 2.45) is 0 Å². The summed E-state index contributed by atoms with van der Waals surface area (Å²) in [5.74, 6) is -1.64. The monoisotopic (exact) mass is 318 g/mol. The van der Waals surface area contributed by atoms with Gasteiger partial charge in [0.25, 0.3) is 0 Å². The van der Waals surface area contributed by atoms with Crippen molar-refractivity contribution in [1.29, 1.82) is 0 Å². The molecular formula is C18H20F2N2O. The van der Waals surface area contributed by atoms with Crippen LogP contribution in [0.4, 0.5) is 14.5 Å². The van der Waals surface area contributed by atoms with E-state index >= 15 is 0 Å². The Kier molecular flexibility index (Phi) is 5.68. The van der Waals surface area contributed by atoms with Crippen molar-refractivity contribution in [2.75, 3.05) is 11.9 Å². The van der Waals surface area contributed by atoms with E-state index in [2.05, 4.69) is 5.32 Å². The first-order valence-electron chi connectivity index (χ1n) is 7.50. The molecule has 5 heteroatoms. The molecule has 0 fully saturated rings. The van der Waals surface area contributed by atoms with Crippen molar-refractivity contribution in [1.82, 2.24) is 4.90 Å². The van der Waals surface area contributed by atoms with Crippen molar-refractivity contribution in [3.63, 3.8) is 0 Å². The lowest BCUT2D eigenvalue weighted by Gasteiger charge is -2.27. The summed E-state index contributed by atoms with van der Waals surface area (Å²) >= 11 is 0. The smallest absolute Gasteiger partial charge is 0.242 e. The van der Waals surface area contributed by atoms with Gasteiger partial charge in [-0.2, -0.15) is 0 Å². The van der Waals surface area contributed by atoms with E-state index in [9.17, 15) is 13.6 Å². The minimum absolute atomic E-state index is 0.0185. The average Bonchev–Trinajstić information content (AvgIpc) is 2.52. The molecule has 122 valence electrons. The van der Waals surface area contributed by atoms with E-state index in [4.69, 9.17) is 0 Å². The van der Waals surface area contributed by atoms with Crippen molar-refractivity contribution in [3.8, 4) is 0 Å². The summed E-state index contributed by atoms with van der Waals surface area (Å²) in [5.41, 5.74) is 0.732. The highest BCUT2D eigenvalue weighted by Crippen LogP contribution is 2.18. The molecular weight excluding hydrogens is 298 g/mol.